The minimum absolute atomic E-state index is 0.0119. The maximum absolute atomic E-state index is 12.8. The van der Waals surface area contributed by atoms with Gasteiger partial charge in [-0.05, 0) is 47.8 Å². The summed E-state index contributed by atoms with van der Waals surface area (Å²) in [5.74, 6) is 0.721. The third kappa shape index (κ3) is 4.22. The van der Waals surface area contributed by atoms with E-state index in [0.29, 0.717) is 38.3 Å². The fraction of sp³-hybridized carbons (Fsp3) is 0.562. The molecule has 3 amide bonds. The first-order valence-electron chi connectivity index (χ1n) is 7.83. The van der Waals surface area contributed by atoms with E-state index in [1.807, 2.05) is 19.1 Å². The molecule has 23 heavy (non-hydrogen) atoms. The molecule has 126 valence electrons. The largest absolute Gasteiger partial charge is 0.331 e. The Hall–Kier alpha value is -1.63. The van der Waals surface area contributed by atoms with Gasteiger partial charge in [-0.2, -0.15) is 0 Å². The number of urea groups is 1. The molecule has 0 bridgehead atoms. The third-order valence-electron chi connectivity index (χ3n) is 4.07. The molecule has 0 atom stereocenters. The van der Waals surface area contributed by atoms with E-state index in [9.17, 15) is 9.59 Å². The van der Waals surface area contributed by atoms with Crippen LogP contribution < -0.4 is 4.90 Å². The van der Waals surface area contributed by atoms with Crippen LogP contribution in [0.5, 0.6) is 0 Å². The summed E-state index contributed by atoms with van der Waals surface area (Å²) in [6.07, 6.45) is 3.10. The molecule has 0 aliphatic carbocycles. The third-order valence-corrected chi connectivity index (χ3v) is 4.54. The van der Waals surface area contributed by atoms with Crippen LogP contribution in [0.1, 0.15) is 19.8 Å². The monoisotopic (exact) mass is 382 g/mol. The molecular formula is C16H23BrN4O2. The van der Waals surface area contributed by atoms with Gasteiger partial charge in [0.1, 0.15) is 5.82 Å². The Balaban J connectivity index is 2.00. The second-order valence-electron chi connectivity index (χ2n) is 5.86. The Kier molecular flexibility index (Phi) is 5.98. The molecule has 7 heteroatoms. The molecule has 1 saturated heterocycles. The normalized spacial score (nSPS) is 15.4. The molecule has 1 aliphatic heterocycles. The second kappa shape index (κ2) is 7.77. The van der Waals surface area contributed by atoms with Gasteiger partial charge in [0.2, 0.25) is 5.91 Å². The van der Waals surface area contributed by atoms with Crippen molar-refractivity contribution in [3.63, 3.8) is 0 Å². The maximum atomic E-state index is 12.8. The Morgan fingerprint density at radius 3 is 2.43 bits per heavy atom. The number of amides is 3. The standard InChI is InChI=1S/C16H23BrN4O2/c1-4-21(14-6-5-13(17)11-18-14)15(22)12-7-9-20(10-8-12)16(23)19(2)3/h5-6,11-12H,4,7-10H2,1-3H3. The zero-order valence-electron chi connectivity index (χ0n) is 13.8. The molecule has 0 aromatic carbocycles. The van der Waals surface area contributed by atoms with Crippen molar-refractivity contribution in [2.75, 3.05) is 38.6 Å². The van der Waals surface area contributed by atoms with Crippen LogP contribution in [0, 0.1) is 5.92 Å². The minimum Gasteiger partial charge on any atom is -0.331 e. The lowest BCUT2D eigenvalue weighted by Gasteiger charge is -2.34. The summed E-state index contributed by atoms with van der Waals surface area (Å²) in [4.78, 5) is 34.2. The van der Waals surface area contributed by atoms with E-state index in [1.165, 1.54) is 0 Å². The Morgan fingerprint density at radius 2 is 1.96 bits per heavy atom. The van der Waals surface area contributed by atoms with Crippen molar-refractivity contribution in [1.82, 2.24) is 14.8 Å². The van der Waals surface area contributed by atoms with Gasteiger partial charge in [-0.3, -0.25) is 9.69 Å². The smallest absolute Gasteiger partial charge is 0.319 e. The first-order chi connectivity index (χ1) is 10.9. The Labute approximate surface area is 145 Å². The van der Waals surface area contributed by atoms with E-state index in [2.05, 4.69) is 20.9 Å². The number of anilines is 1. The molecule has 6 nitrogen and oxygen atoms in total. The zero-order chi connectivity index (χ0) is 17.0. The van der Waals surface area contributed by atoms with Gasteiger partial charge in [0, 0.05) is 50.3 Å². The van der Waals surface area contributed by atoms with Crippen molar-refractivity contribution in [3.8, 4) is 0 Å². The van der Waals surface area contributed by atoms with Crippen LogP contribution in [0.15, 0.2) is 22.8 Å². The molecule has 0 radical (unpaired) electrons. The van der Waals surface area contributed by atoms with Crippen molar-refractivity contribution >= 4 is 33.7 Å². The summed E-state index contributed by atoms with van der Waals surface area (Å²) in [6, 6.07) is 3.74. The first kappa shape index (κ1) is 17.7. The van der Waals surface area contributed by atoms with Crippen molar-refractivity contribution in [2.24, 2.45) is 5.92 Å². The number of likely N-dealkylation sites (tertiary alicyclic amines) is 1. The van der Waals surface area contributed by atoms with Crippen LogP contribution in [0.2, 0.25) is 0 Å². The Bertz CT molecular complexity index is 554. The van der Waals surface area contributed by atoms with Gasteiger partial charge >= 0.3 is 6.03 Å². The topological polar surface area (TPSA) is 56.8 Å². The van der Waals surface area contributed by atoms with Crippen LogP contribution >= 0.6 is 15.9 Å². The average molecular weight is 383 g/mol. The van der Waals surface area contributed by atoms with Gasteiger partial charge in [0.25, 0.3) is 0 Å². The number of hydrogen-bond donors (Lipinski definition) is 0. The summed E-state index contributed by atoms with van der Waals surface area (Å²) >= 11 is 3.35. The van der Waals surface area contributed by atoms with Gasteiger partial charge in [-0.25, -0.2) is 9.78 Å². The molecule has 2 rings (SSSR count). The van der Waals surface area contributed by atoms with Crippen LogP contribution in [-0.4, -0.2) is 60.5 Å². The highest BCUT2D eigenvalue weighted by Crippen LogP contribution is 2.23. The predicted molar refractivity (Wildman–Crippen MR) is 93.3 cm³/mol. The van der Waals surface area contributed by atoms with E-state index in [4.69, 9.17) is 0 Å². The predicted octanol–water partition coefficient (Wildman–Crippen LogP) is 2.59. The van der Waals surface area contributed by atoms with Gasteiger partial charge in [-0.1, -0.05) is 0 Å². The molecule has 0 spiro atoms. The summed E-state index contributed by atoms with van der Waals surface area (Å²) < 4.78 is 0.889. The molecule has 1 aliphatic rings. The van der Waals surface area contributed by atoms with Crippen molar-refractivity contribution in [3.05, 3.63) is 22.8 Å². The number of hydrogen-bond acceptors (Lipinski definition) is 3. The lowest BCUT2D eigenvalue weighted by molar-refractivity contribution is -0.123. The SMILES string of the molecule is CCN(C(=O)C1CCN(C(=O)N(C)C)CC1)c1ccc(Br)cn1. The van der Waals surface area contributed by atoms with Gasteiger partial charge < -0.3 is 9.80 Å². The minimum atomic E-state index is -0.0494. The highest BCUT2D eigenvalue weighted by atomic mass is 79.9. The molecule has 0 saturated carbocycles. The van der Waals surface area contributed by atoms with E-state index in [0.717, 1.165) is 4.47 Å². The van der Waals surface area contributed by atoms with Gasteiger partial charge in [-0.15, -0.1) is 0 Å². The quantitative estimate of drug-likeness (QED) is 0.806. The lowest BCUT2D eigenvalue weighted by Crippen LogP contribution is -2.47. The van der Waals surface area contributed by atoms with Crippen LogP contribution in [0.25, 0.3) is 0 Å². The van der Waals surface area contributed by atoms with Crippen LogP contribution in [0.4, 0.5) is 10.6 Å². The van der Waals surface area contributed by atoms with Gasteiger partial charge in [0.15, 0.2) is 0 Å². The van der Waals surface area contributed by atoms with E-state index < -0.39 is 0 Å². The lowest BCUT2D eigenvalue weighted by atomic mass is 9.95. The number of halogens is 1. The molecule has 2 heterocycles. The summed E-state index contributed by atoms with van der Waals surface area (Å²) in [5, 5.41) is 0. The number of carbonyl (C=O) groups excluding carboxylic acids is 2. The Morgan fingerprint density at radius 1 is 1.30 bits per heavy atom. The molecule has 1 fully saturated rings. The number of aromatic nitrogens is 1. The van der Waals surface area contributed by atoms with Gasteiger partial charge in [0.05, 0.1) is 0 Å². The number of rotatable bonds is 3. The fourth-order valence-corrected chi connectivity index (χ4v) is 3.01. The van der Waals surface area contributed by atoms with E-state index in [1.54, 1.807) is 35.0 Å². The first-order valence-corrected chi connectivity index (χ1v) is 8.62. The molecular weight excluding hydrogens is 360 g/mol. The zero-order valence-corrected chi connectivity index (χ0v) is 15.4. The fourth-order valence-electron chi connectivity index (χ4n) is 2.78. The highest BCUT2D eigenvalue weighted by molar-refractivity contribution is 9.10. The maximum Gasteiger partial charge on any atom is 0.319 e. The number of piperidine rings is 1. The van der Waals surface area contributed by atoms with Crippen LogP contribution in [0.3, 0.4) is 0 Å². The van der Waals surface area contributed by atoms with Crippen LogP contribution in [-0.2, 0) is 4.79 Å². The number of nitrogens with zero attached hydrogens (tertiary/aromatic N) is 4. The summed E-state index contributed by atoms with van der Waals surface area (Å²) in [5.41, 5.74) is 0. The van der Waals surface area contributed by atoms with E-state index in [-0.39, 0.29) is 17.9 Å². The van der Waals surface area contributed by atoms with Crippen molar-refractivity contribution in [2.45, 2.75) is 19.8 Å². The van der Waals surface area contributed by atoms with E-state index >= 15 is 0 Å². The molecule has 1 aromatic rings. The molecule has 0 N–H and O–H groups in total. The molecule has 1 aromatic heterocycles. The molecule has 0 unspecified atom stereocenters. The van der Waals surface area contributed by atoms with Crippen molar-refractivity contribution < 1.29 is 9.59 Å². The average Bonchev–Trinajstić information content (AvgIpc) is 2.56. The summed E-state index contributed by atoms with van der Waals surface area (Å²) in [6.45, 7) is 3.79. The number of carbonyl (C=O) groups is 2. The number of pyridine rings is 1. The second-order valence-corrected chi connectivity index (χ2v) is 6.77. The highest BCUT2D eigenvalue weighted by Gasteiger charge is 2.31. The summed E-state index contributed by atoms with van der Waals surface area (Å²) in [7, 11) is 3.50. The van der Waals surface area contributed by atoms with Crippen molar-refractivity contribution in [1.29, 1.82) is 0 Å².